The first kappa shape index (κ1) is 22.9. The zero-order valence-electron chi connectivity index (χ0n) is 16.4. The third-order valence-corrected chi connectivity index (χ3v) is 4.72. The summed E-state index contributed by atoms with van der Waals surface area (Å²) in [5, 5.41) is 2.64. The molecule has 2 aromatic carbocycles. The number of nitrogen functional groups attached to an aromatic ring is 1. The van der Waals surface area contributed by atoms with E-state index < -0.39 is 12.3 Å². The number of carbonyl (C=O) groups is 2. The van der Waals surface area contributed by atoms with Gasteiger partial charge in [0, 0.05) is 23.1 Å². The predicted molar refractivity (Wildman–Crippen MR) is 113 cm³/mol. The molecule has 4 N–H and O–H groups in total. The maximum absolute atomic E-state index is 12.6. The number of carbonyl (C=O) groups excluding carboxylic acids is 2. The first-order valence-electron chi connectivity index (χ1n) is 8.94. The summed E-state index contributed by atoms with van der Waals surface area (Å²) >= 11 is 1.13. The van der Waals surface area contributed by atoms with Crippen LogP contribution in [0.25, 0.3) is 11.3 Å². The molecule has 3 aromatic rings. The number of alkyl halides is 3. The summed E-state index contributed by atoms with van der Waals surface area (Å²) in [7, 11) is 0. The highest BCUT2D eigenvalue weighted by Crippen LogP contribution is 2.26. The zero-order valence-corrected chi connectivity index (χ0v) is 17.3. The minimum atomic E-state index is -4.80. The second-order valence-electron chi connectivity index (χ2n) is 6.30. The third-order valence-electron chi connectivity index (χ3n) is 3.82. The van der Waals surface area contributed by atoms with Gasteiger partial charge in [0.1, 0.15) is 5.75 Å². The smallest absolute Gasteiger partial charge is 0.406 e. The van der Waals surface area contributed by atoms with Crippen molar-refractivity contribution in [3.63, 3.8) is 0 Å². The van der Waals surface area contributed by atoms with Crippen LogP contribution in [0.1, 0.15) is 17.4 Å². The minimum absolute atomic E-state index is 0.110. The molecule has 8 nitrogen and oxygen atoms in total. The van der Waals surface area contributed by atoms with Gasteiger partial charge in [-0.1, -0.05) is 0 Å². The lowest BCUT2D eigenvalue weighted by Crippen LogP contribution is -2.17. The molecule has 0 unspecified atom stereocenters. The number of nitrogens with one attached hydrogen (secondary N) is 2. The van der Waals surface area contributed by atoms with Crippen LogP contribution in [-0.4, -0.2) is 28.1 Å². The monoisotopic (exact) mass is 463 g/mol. The molecule has 0 radical (unpaired) electrons. The van der Waals surface area contributed by atoms with Crippen LogP contribution >= 0.6 is 11.9 Å². The van der Waals surface area contributed by atoms with E-state index in [1.807, 2.05) is 0 Å². The van der Waals surface area contributed by atoms with Gasteiger partial charge in [0.2, 0.25) is 5.91 Å². The molecule has 0 bridgehead atoms. The van der Waals surface area contributed by atoms with E-state index in [-0.39, 0.29) is 28.9 Å². The average Bonchev–Trinajstić information content (AvgIpc) is 2.73. The molecular weight excluding hydrogens is 447 g/mol. The number of amides is 2. The normalized spacial score (nSPS) is 11.0. The van der Waals surface area contributed by atoms with Crippen molar-refractivity contribution in [2.75, 3.05) is 11.1 Å². The Kier molecular flexibility index (Phi) is 6.83. The highest BCUT2D eigenvalue weighted by molar-refractivity contribution is 7.98. The van der Waals surface area contributed by atoms with Crippen molar-refractivity contribution in [3.8, 4) is 17.0 Å². The van der Waals surface area contributed by atoms with E-state index in [1.54, 1.807) is 24.3 Å². The fourth-order valence-electron chi connectivity index (χ4n) is 2.46. The lowest BCUT2D eigenvalue weighted by molar-refractivity contribution is -0.274. The Hall–Kier alpha value is -3.80. The second-order valence-corrected chi connectivity index (χ2v) is 7.18. The molecule has 12 heteroatoms. The number of nitrogens with zero attached hydrogens (tertiary/aromatic N) is 2. The molecule has 0 atom stereocenters. The molecule has 0 spiro atoms. The van der Waals surface area contributed by atoms with Crippen LogP contribution in [0.5, 0.6) is 5.75 Å². The standard InChI is InChI=1S/C20H16F3N5O3S/c1-11(29)28-32-15-8-4-13(5-9-15)26-19(30)17-18(24)25-10-16(27-17)12-2-6-14(7-3-12)31-20(21,22)23/h2-10H,1H3,(H2,24,25)(H,26,30)(H,28,29). The number of ether oxygens (including phenoxy) is 1. The van der Waals surface area contributed by atoms with Crippen molar-refractivity contribution in [2.24, 2.45) is 0 Å². The Bertz CT molecular complexity index is 1120. The first-order valence-corrected chi connectivity index (χ1v) is 9.76. The van der Waals surface area contributed by atoms with Crippen molar-refractivity contribution in [2.45, 2.75) is 18.2 Å². The van der Waals surface area contributed by atoms with Crippen LogP contribution in [0.3, 0.4) is 0 Å². The summed E-state index contributed by atoms with van der Waals surface area (Å²) in [6, 6.07) is 11.6. The molecule has 0 saturated carbocycles. The van der Waals surface area contributed by atoms with Gasteiger partial charge in [-0.25, -0.2) is 9.97 Å². The van der Waals surface area contributed by atoms with Gasteiger partial charge in [-0.05, 0) is 60.5 Å². The molecule has 0 aliphatic heterocycles. The van der Waals surface area contributed by atoms with Crippen molar-refractivity contribution in [3.05, 3.63) is 60.4 Å². The van der Waals surface area contributed by atoms with E-state index in [2.05, 4.69) is 24.7 Å². The Balaban J connectivity index is 1.74. The molecule has 0 saturated heterocycles. The number of anilines is 2. The van der Waals surface area contributed by atoms with E-state index >= 15 is 0 Å². The molecule has 0 aliphatic carbocycles. The summed E-state index contributed by atoms with van der Waals surface area (Å²) < 4.78 is 43.3. The summed E-state index contributed by atoms with van der Waals surface area (Å²) in [6.45, 7) is 1.39. The SMILES string of the molecule is CC(=O)NSc1ccc(NC(=O)c2nc(-c3ccc(OC(F)(F)F)cc3)cnc2N)cc1. The second kappa shape index (κ2) is 9.56. The number of nitrogens with two attached hydrogens (primary N) is 1. The first-order chi connectivity index (χ1) is 15.1. The third kappa shape index (κ3) is 6.35. The maximum atomic E-state index is 12.6. The van der Waals surface area contributed by atoms with Gasteiger partial charge in [-0.2, -0.15) is 0 Å². The van der Waals surface area contributed by atoms with Crippen molar-refractivity contribution < 1.29 is 27.5 Å². The number of rotatable bonds is 6. The largest absolute Gasteiger partial charge is 0.573 e. The quantitative estimate of drug-likeness (QED) is 0.473. The number of halogens is 3. The Morgan fingerprint density at radius 1 is 1.06 bits per heavy atom. The minimum Gasteiger partial charge on any atom is -0.406 e. The molecule has 3 rings (SSSR count). The Morgan fingerprint density at radius 2 is 1.72 bits per heavy atom. The van der Waals surface area contributed by atoms with E-state index in [0.717, 1.165) is 29.0 Å². The lowest BCUT2D eigenvalue weighted by atomic mass is 10.1. The Labute approximate surface area is 184 Å². The summed E-state index contributed by atoms with van der Waals surface area (Å²) in [5.74, 6) is -1.30. The molecule has 1 aromatic heterocycles. The molecule has 2 amide bonds. The molecule has 0 fully saturated rings. The highest BCUT2D eigenvalue weighted by atomic mass is 32.2. The topological polar surface area (TPSA) is 119 Å². The molecule has 1 heterocycles. The summed E-state index contributed by atoms with van der Waals surface area (Å²) in [6.07, 6.45) is -3.49. The van der Waals surface area contributed by atoms with Crippen LogP contribution in [0.2, 0.25) is 0 Å². The molecule has 0 aliphatic rings. The zero-order chi connectivity index (χ0) is 23.3. The number of aromatic nitrogens is 2. The number of benzene rings is 2. The van der Waals surface area contributed by atoms with Crippen LogP contribution in [-0.2, 0) is 4.79 Å². The van der Waals surface area contributed by atoms with Crippen molar-refractivity contribution in [1.29, 1.82) is 0 Å². The van der Waals surface area contributed by atoms with Crippen LogP contribution < -0.4 is 20.5 Å². The van der Waals surface area contributed by atoms with Gasteiger partial charge in [0.05, 0.1) is 11.9 Å². The van der Waals surface area contributed by atoms with Gasteiger partial charge in [0.25, 0.3) is 5.91 Å². The average molecular weight is 463 g/mol. The number of hydrogen-bond acceptors (Lipinski definition) is 7. The maximum Gasteiger partial charge on any atom is 0.573 e. The van der Waals surface area contributed by atoms with Gasteiger partial charge < -0.3 is 15.8 Å². The fraction of sp³-hybridized carbons (Fsp3) is 0.100. The van der Waals surface area contributed by atoms with Crippen LogP contribution in [0.15, 0.2) is 59.6 Å². The Morgan fingerprint density at radius 3 is 2.31 bits per heavy atom. The van der Waals surface area contributed by atoms with E-state index in [1.165, 1.54) is 25.3 Å². The van der Waals surface area contributed by atoms with Crippen molar-refractivity contribution in [1.82, 2.24) is 14.7 Å². The van der Waals surface area contributed by atoms with Gasteiger partial charge in [-0.3, -0.25) is 14.3 Å². The van der Waals surface area contributed by atoms with Crippen LogP contribution in [0.4, 0.5) is 24.7 Å². The van der Waals surface area contributed by atoms with E-state index in [9.17, 15) is 22.8 Å². The summed E-state index contributed by atoms with van der Waals surface area (Å²) in [5.41, 5.74) is 6.76. The summed E-state index contributed by atoms with van der Waals surface area (Å²) in [4.78, 5) is 32.5. The fourth-order valence-corrected chi connectivity index (χ4v) is 2.99. The highest BCUT2D eigenvalue weighted by Gasteiger charge is 2.31. The van der Waals surface area contributed by atoms with Gasteiger partial charge in [-0.15, -0.1) is 13.2 Å². The van der Waals surface area contributed by atoms with E-state index in [4.69, 9.17) is 5.73 Å². The predicted octanol–water partition coefficient (Wildman–Crippen LogP) is 4.02. The van der Waals surface area contributed by atoms with Gasteiger partial charge in [0.15, 0.2) is 11.5 Å². The van der Waals surface area contributed by atoms with Crippen molar-refractivity contribution >= 4 is 35.3 Å². The molecular formula is C20H16F3N5O3S. The lowest BCUT2D eigenvalue weighted by Gasteiger charge is -2.10. The van der Waals surface area contributed by atoms with Crippen LogP contribution in [0, 0.1) is 0 Å². The van der Waals surface area contributed by atoms with E-state index in [0.29, 0.717) is 11.3 Å². The molecule has 166 valence electrons. The molecule has 32 heavy (non-hydrogen) atoms. The van der Waals surface area contributed by atoms with Gasteiger partial charge >= 0.3 is 6.36 Å². The number of hydrogen-bond donors (Lipinski definition) is 3.